The maximum absolute atomic E-state index is 11.7. The molecular weight excluding hydrogens is 222 g/mol. The Bertz CT molecular complexity index is 429. The minimum absolute atomic E-state index is 0.104. The summed E-state index contributed by atoms with van der Waals surface area (Å²) in [5.74, 6) is -0.400. The van der Waals surface area contributed by atoms with Gasteiger partial charge in [0.2, 0.25) is 0 Å². The summed E-state index contributed by atoms with van der Waals surface area (Å²) in [4.78, 5) is 26.9. The van der Waals surface area contributed by atoms with Crippen molar-refractivity contribution < 1.29 is 19.1 Å². The Kier molecular flexibility index (Phi) is 4.63. The fourth-order valence-electron chi connectivity index (χ4n) is 1.34. The minimum atomic E-state index is -0.563. The van der Waals surface area contributed by atoms with Gasteiger partial charge >= 0.3 is 5.97 Å². The molecule has 0 spiro atoms. The van der Waals surface area contributed by atoms with Gasteiger partial charge in [-0.2, -0.15) is 0 Å². The molecule has 0 aliphatic rings. The molecule has 0 saturated carbocycles. The van der Waals surface area contributed by atoms with E-state index in [1.54, 1.807) is 6.92 Å². The van der Waals surface area contributed by atoms with Gasteiger partial charge in [-0.3, -0.25) is 4.79 Å². The van der Waals surface area contributed by atoms with Crippen LogP contribution in [0.1, 0.15) is 41.6 Å². The van der Waals surface area contributed by atoms with Crippen LogP contribution in [0.3, 0.4) is 0 Å². The summed E-state index contributed by atoms with van der Waals surface area (Å²) < 4.78 is 10.1. The molecule has 1 rings (SSSR count). The molecule has 0 unspecified atom stereocenters. The molecule has 0 aliphatic heterocycles. The number of Topliss-reactive ketones (excluding diaryl/α,β-unsaturated/α-hetero) is 1. The maximum atomic E-state index is 11.7. The van der Waals surface area contributed by atoms with Crippen molar-refractivity contribution in [2.75, 3.05) is 13.2 Å². The Morgan fingerprint density at radius 2 is 2.00 bits per heavy atom. The zero-order valence-electron chi connectivity index (χ0n) is 10.1. The summed E-state index contributed by atoms with van der Waals surface area (Å²) in [6.07, 6.45) is 1.42. The number of pyridine rings is 1. The van der Waals surface area contributed by atoms with Crippen LogP contribution in [0.4, 0.5) is 0 Å². The fraction of sp³-hybridized carbons (Fsp3) is 0.417. The number of carbonyl (C=O) groups is 2. The van der Waals surface area contributed by atoms with Crippen LogP contribution in [0, 0.1) is 0 Å². The third-order valence-corrected chi connectivity index (χ3v) is 2.00. The Morgan fingerprint density at radius 3 is 2.53 bits per heavy atom. The van der Waals surface area contributed by atoms with Crippen LogP contribution in [-0.2, 0) is 4.74 Å². The normalized spacial score (nSPS) is 9.82. The molecule has 0 aromatic carbocycles. The van der Waals surface area contributed by atoms with Gasteiger partial charge in [0.15, 0.2) is 5.78 Å². The number of esters is 1. The highest BCUT2D eigenvalue weighted by molar-refractivity contribution is 6.04. The van der Waals surface area contributed by atoms with E-state index in [1.165, 1.54) is 19.2 Å². The SMILES string of the molecule is CCOC(=O)c1cc(OCC)cnc1C(C)=O. The first-order valence-corrected chi connectivity index (χ1v) is 5.41. The zero-order valence-corrected chi connectivity index (χ0v) is 10.1. The first kappa shape index (κ1) is 13.2. The highest BCUT2D eigenvalue weighted by atomic mass is 16.5. The summed E-state index contributed by atoms with van der Waals surface area (Å²) in [7, 11) is 0. The van der Waals surface area contributed by atoms with E-state index in [-0.39, 0.29) is 23.6 Å². The van der Waals surface area contributed by atoms with Crippen molar-refractivity contribution in [1.29, 1.82) is 0 Å². The molecule has 0 amide bonds. The van der Waals surface area contributed by atoms with Crippen LogP contribution in [0.5, 0.6) is 5.75 Å². The first-order chi connectivity index (χ1) is 8.10. The number of ether oxygens (including phenoxy) is 2. The second kappa shape index (κ2) is 5.98. The molecule has 1 aromatic heterocycles. The van der Waals surface area contributed by atoms with Crippen LogP contribution >= 0.6 is 0 Å². The Hall–Kier alpha value is -1.91. The lowest BCUT2D eigenvalue weighted by molar-refractivity contribution is 0.0522. The molecule has 0 atom stereocenters. The molecule has 5 nitrogen and oxygen atoms in total. The van der Waals surface area contributed by atoms with E-state index < -0.39 is 5.97 Å². The summed E-state index contributed by atoms with van der Waals surface area (Å²) in [6, 6.07) is 1.48. The van der Waals surface area contributed by atoms with Crippen molar-refractivity contribution >= 4 is 11.8 Å². The monoisotopic (exact) mass is 237 g/mol. The summed E-state index contributed by atoms with van der Waals surface area (Å²) >= 11 is 0. The van der Waals surface area contributed by atoms with Crippen LogP contribution in [0.15, 0.2) is 12.3 Å². The van der Waals surface area contributed by atoms with Gasteiger partial charge in [-0.25, -0.2) is 9.78 Å². The van der Waals surface area contributed by atoms with Gasteiger partial charge in [0.05, 0.1) is 25.0 Å². The van der Waals surface area contributed by atoms with Crippen molar-refractivity contribution in [2.45, 2.75) is 20.8 Å². The van der Waals surface area contributed by atoms with Crippen molar-refractivity contribution in [2.24, 2.45) is 0 Å². The number of rotatable bonds is 5. The lowest BCUT2D eigenvalue weighted by Gasteiger charge is -2.08. The van der Waals surface area contributed by atoms with E-state index in [4.69, 9.17) is 9.47 Å². The predicted molar refractivity (Wildman–Crippen MR) is 61.4 cm³/mol. The van der Waals surface area contributed by atoms with Crippen LogP contribution < -0.4 is 4.74 Å². The third kappa shape index (κ3) is 3.27. The molecule has 0 radical (unpaired) electrons. The maximum Gasteiger partial charge on any atom is 0.340 e. The van der Waals surface area contributed by atoms with E-state index in [1.807, 2.05) is 6.92 Å². The summed E-state index contributed by atoms with van der Waals surface area (Å²) in [5.41, 5.74) is 0.247. The molecule has 0 fully saturated rings. The lowest BCUT2D eigenvalue weighted by atomic mass is 10.1. The van der Waals surface area contributed by atoms with E-state index in [0.29, 0.717) is 12.4 Å². The van der Waals surface area contributed by atoms with Crippen molar-refractivity contribution in [3.63, 3.8) is 0 Å². The molecule has 0 N–H and O–H groups in total. The smallest absolute Gasteiger partial charge is 0.340 e. The Labute approximate surface area is 99.8 Å². The first-order valence-electron chi connectivity index (χ1n) is 5.41. The van der Waals surface area contributed by atoms with Crippen LogP contribution in [-0.4, -0.2) is 30.0 Å². The molecule has 5 heteroatoms. The number of hydrogen-bond acceptors (Lipinski definition) is 5. The predicted octanol–water partition coefficient (Wildman–Crippen LogP) is 1.86. The number of carbonyl (C=O) groups excluding carboxylic acids is 2. The second-order valence-corrected chi connectivity index (χ2v) is 3.28. The highest BCUT2D eigenvalue weighted by Gasteiger charge is 2.18. The minimum Gasteiger partial charge on any atom is -0.492 e. The van der Waals surface area contributed by atoms with E-state index in [2.05, 4.69) is 4.98 Å². The van der Waals surface area contributed by atoms with Gasteiger partial charge in [-0.1, -0.05) is 0 Å². The van der Waals surface area contributed by atoms with Gasteiger partial charge in [0.25, 0.3) is 0 Å². The van der Waals surface area contributed by atoms with Gasteiger partial charge in [0, 0.05) is 6.92 Å². The quantitative estimate of drug-likeness (QED) is 0.577. The van der Waals surface area contributed by atoms with Gasteiger partial charge in [-0.15, -0.1) is 0 Å². The highest BCUT2D eigenvalue weighted by Crippen LogP contribution is 2.17. The summed E-state index contributed by atoms with van der Waals surface area (Å²) in [5, 5.41) is 0. The molecular formula is C12H15NO4. The lowest BCUT2D eigenvalue weighted by Crippen LogP contribution is -2.12. The summed E-state index contributed by atoms with van der Waals surface area (Å²) in [6.45, 7) is 5.58. The number of nitrogens with zero attached hydrogens (tertiary/aromatic N) is 1. The Balaban J connectivity index is 3.15. The average molecular weight is 237 g/mol. The molecule has 0 bridgehead atoms. The van der Waals surface area contributed by atoms with Gasteiger partial charge in [-0.05, 0) is 19.9 Å². The Morgan fingerprint density at radius 1 is 1.29 bits per heavy atom. The number of hydrogen-bond donors (Lipinski definition) is 0. The second-order valence-electron chi connectivity index (χ2n) is 3.28. The van der Waals surface area contributed by atoms with E-state index in [0.717, 1.165) is 0 Å². The average Bonchev–Trinajstić information content (AvgIpc) is 2.29. The van der Waals surface area contributed by atoms with Gasteiger partial charge < -0.3 is 9.47 Å². The molecule has 17 heavy (non-hydrogen) atoms. The molecule has 0 aliphatic carbocycles. The zero-order chi connectivity index (χ0) is 12.8. The number of ketones is 1. The third-order valence-electron chi connectivity index (χ3n) is 2.00. The molecule has 0 saturated heterocycles. The van der Waals surface area contributed by atoms with E-state index in [9.17, 15) is 9.59 Å². The van der Waals surface area contributed by atoms with Crippen molar-refractivity contribution in [3.05, 3.63) is 23.5 Å². The standard InChI is InChI=1S/C12H15NO4/c1-4-16-9-6-10(12(15)17-5-2)11(8(3)14)13-7-9/h6-7H,4-5H2,1-3H3. The van der Waals surface area contributed by atoms with Gasteiger partial charge in [0.1, 0.15) is 11.4 Å². The fourth-order valence-corrected chi connectivity index (χ4v) is 1.34. The van der Waals surface area contributed by atoms with Crippen molar-refractivity contribution in [3.8, 4) is 5.75 Å². The molecule has 1 heterocycles. The largest absolute Gasteiger partial charge is 0.492 e. The number of aromatic nitrogens is 1. The van der Waals surface area contributed by atoms with Crippen molar-refractivity contribution in [1.82, 2.24) is 4.98 Å². The van der Waals surface area contributed by atoms with Crippen LogP contribution in [0.25, 0.3) is 0 Å². The van der Waals surface area contributed by atoms with Crippen LogP contribution in [0.2, 0.25) is 0 Å². The topological polar surface area (TPSA) is 65.5 Å². The van der Waals surface area contributed by atoms with E-state index >= 15 is 0 Å². The molecule has 92 valence electrons. The molecule has 1 aromatic rings.